The van der Waals surface area contributed by atoms with Gasteiger partial charge in [-0.15, -0.1) is 0 Å². The first kappa shape index (κ1) is 18.8. The molecule has 0 saturated carbocycles. The molecule has 0 heterocycles. The van der Waals surface area contributed by atoms with Gasteiger partial charge in [-0.2, -0.15) is 13.2 Å². The van der Waals surface area contributed by atoms with Crippen LogP contribution < -0.4 is 10.1 Å². The average molecular weight is 351 g/mol. The molecule has 3 nitrogen and oxygen atoms in total. The number of alkyl halides is 3. The van der Waals surface area contributed by atoms with Crippen molar-refractivity contribution in [1.82, 2.24) is 0 Å². The van der Waals surface area contributed by atoms with Gasteiger partial charge in [-0.3, -0.25) is 4.79 Å². The van der Waals surface area contributed by atoms with E-state index in [4.69, 9.17) is 4.74 Å². The summed E-state index contributed by atoms with van der Waals surface area (Å²) < 4.78 is 43.3. The second-order valence-electron chi connectivity index (χ2n) is 5.52. The maximum atomic E-state index is 12.7. The van der Waals surface area contributed by atoms with Crippen molar-refractivity contribution in [3.63, 3.8) is 0 Å². The van der Waals surface area contributed by atoms with Gasteiger partial charge in [0.2, 0.25) is 0 Å². The third-order valence-corrected chi connectivity index (χ3v) is 3.79. The van der Waals surface area contributed by atoms with Gasteiger partial charge < -0.3 is 10.1 Å². The molecule has 0 fully saturated rings. The second kappa shape index (κ2) is 8.05. The lowest BCUT2D eigenvalue weighted by Crippen LogP contribution is -2.22. The molecule has 0 aromatic heterocycles. The van der Waals surface area contributed by atoms with Gasteiger partial charge in [0, 0.05) is 5.69 Å². The molecule has 2 rings (SSSR count). The molecular formula is C19H20F3NO2. The molecule has 25 heavy (non-hydrogen) atoms. The minimum Gasteiger partial charge on any atom is -0.484 e. The fourth-order valence-electron chi connectivity index (χ4n) is 2.49. The van der Waals surface area contributed by atoms with Gasteiger partial charge >= 0.3 is 6.18 Å². The summed E-state index contributed by atoms with van der Waals surface area (Å²) in [6, 6.07) is 10.3. The third kappa shape index (κ3) is 4.98. The van der Waals surface area contributed by atoms with Gasteiger partial charge in [-0.05, 0) is 42.2 Å². The zero-order valence-corrected chi connectivity index (χ0v) is 14.1. The molecule has 0 bridgehead atoms. The Morgan fingerprint density at radius 1 is 1.04 bits per heavy atom. The van der Waals surface area contributed by atoms with Crippen LogP contribution in [-0.4, -0.2) is 12.5 Å². The summed E-state index contributed by atoms with van der Waals surface area (Å²) in [6.07, 6.45) is -2.92. The van der Waals surface area contributed by atoms with Gasteiger partial charge in [0.25, 0.3) is 5.91 Å². The van der Waals surface area contributed by atoms with Crippen molar-refractivity contribution in [3.05, 3.63) is 59.2 Å². The lowest BCUT2D eigenvalue weighted by Gasteiger charge is -2.15. The van der Waals surface area contributed by atoms with Crippen LogP contribution in [0.4, 0.5) is 18.9 Å². The second-order valence-corrected chi connectivity index (χ2v) is 5.52. The van der Waals surface area contributed by atoms with Crippen LogP contribution in [0.15, 0.2) is 42.5 Å². The van der Waals surface area contributed by atoms with E-state index < -0.39 is 17.6 Å². The van der Waals surface area contributed by atoms with Crippen molar-refractivity contribution in [2.45, 2.75) is 32.9 Å². The third-order valence-electron chi connectivity index (χ3n) is 3.79. The van der Waals surface area contributed by atoms with Crippen LogP contribution in [0.2, 0.25) is 0 Å². The van der Waals surface area contributed by atoms with E-state index in [2.05, 4.69) is 5.32 Å². The number of aryl methyl sites for hydroxylation is 2. The summed E-state index contributed by atoms with van der Waals surface area (Å²) in [5.41, 5.74) is 1.96. The van der Waals surface area contributed by atoms with Crippen molar-refractivity contribution in [1.29, 1.82) is 0 Å². The maximum absolute atomic E-state index is 12.7. The number of hydrogen-bond acceptors (Lipinski definition) is 2. The number of anilines is 1. The van der Waals surface area contributed by atoms with E-state index in [0.29, 0.717) is 0 Å². The zero-order chi connectivity index (χ0) is 18.4. The molecule has 1 amide bonds. The summed E-state index contributed by atoms with van der Waals surface area (Å²) >= 11 is 0. The van der Waals surface area contributed by atoms with E-state index in [-0.39, 0.29) is 12.4 Å². The Morgan fingerprint density at radius 2 is 1.64 bits per heavy atom. The molecule has 0 aliphatic heterocycles. The number of benzene rings is 2. The molecular weight excluding hydrogens is 331 g/mol. The van der Waals surface area contributed by atoms with Crippen LogP contribution in [0.25, 0.3) is 0 Å². The molecule has 0 saturated heterocycles. The van der Waals surface area contributed by atoms with Gasteiger partial charge in [0.1, 0.15) is 5.75 Å². The molecule has 1 N–H and O–H groups in total. The molecule has 0 aliphatic rings. The Morgan fingerprint density at radius 3 is 2.20 bits per heavy atom. The predicted octanol–water partition coefficient (Wildman–Crippen LogP) is 4.85. The Hall–Kier alpha value is -2.50. The van der Waals surface area contributed by atoms with Crippen LogP contribution in [0.5, 0.6) is 5.75 Å². The van der Waals surface area contributed by atoms with Crippen molar-refractivity contribution in [2.24, 2.45) is 0 Å². The van der Waals surface area contributed by atoms with E-state index >= 15 is 0 Å². The topological polar surface area (TPSA) is 38.3 Å². The number of para-hydroxylation sites is 1. The standard InChI is InChI=1S/C19H20F3NO2/c1-3-13-7-5-8-14(4-2)18(13)23-17(24)12-25-16-10-6-9-15(11-16)19(20,21)22/h5-11H,3-4,12H2,1-2H3,(H,23,24). The summed E-state index contributed by atoms with van der Waals surface area (Å²) in [6.45, 7) is 3.62. The maximum Gasteiger partial charge on any atom is 0.416 e. The van der Waals surface area contributed by atoms with Crippen molar-refractivity contribution >= 4 is 11.6 Å². The molecule has 6 heteroatoms. The highest BCUT2D eigenvalue weighted by molar-refractivity contribution is 5.93. The molecule has 2 aromatic carbocycles. The highest BCUT2D eigenvalue weighted by Gasteiger charge is 2.30. The summed E-state index contributed by atoms with van der Waals surface area (Å²) in [4.78, 5) is 12.1. The zero-order valence-electron chi connectivity index (χ0n) is 14.1. The highest BCUT2D eigenvalue weighted by atomic mass is 19.4. The predicted molar refractivity (Wildman–Crippen MR) is 90.8 cm³/mol. The van der Waals surface area contributed by atoms with Crippen molar-refractivity contribution in [2.75, 3.05) is 11.9 Å². The smallest absolute Gasteiger partial charge is 0.416 e. The highest BCUT2D eigenvalue weighted by Crippen LogP contribution is 2.31. The summed E-state index contributed by atoms with van der Waals surface area (Å²) in [5.74, 6) is -0.405. The molecule has 0 atom stereocenters. The van der Waals surface area contributed by atoms with E-state index in [1.165, 1.54) is 12.1 Å². The Balaban J connectivity index is 2.05. The molecule has 0 spiro atoms. The van der Waals surface area contributed by atoms with Crippen LogP contribution in [-0.2, 0) is 23.8 Å². The van der Waals surface area contributed by atoms with Crippen molar-refractivity contribution < 1.29 is 22.7 Å². The van der Waals surface area contributed by atoms with Crippen molar-refractivity contribution in [3.8, 4) is 5.75 Å². The first-order valence-electron chi connectivity index (χ1n) is 8.05. The molecule has 0 unspecified atom stereocenters. The number of nitrogens with one attached hydrogen (secondary N) is 1. The normalized spacial score (nSPS) is 11.2. The lowest BCUT2D eigenvalue weighted by molar-refractivity contribution is -0.137. The van der Waals surface area contributed by atoms with Gasteiger partial charge in [0.15, 0.2) is 6.61 Å². The van der Waals surface area contributed by atoms with E-state index in [1.807, 2.05) is 32.0 Å². The number of halogens is 3. The van der Waals surface area contributed by atoms with Crippen LogP contribution in [0.1, 0.15) is 30.5 Å². The van der Waals surface area contributed by atoms with E-state index in [9.17, 15) is 18.0 Å². The Labute approximate surface area is 144 Å². The minimum absolute atomic E-state index is 0.00414. The minimum atomic E-state index is -4.45. The fraction of sp³-hybridized carbons (Fsp3) is 0.316. The van der Waals surface area contributed by atoms with E-state index in [1.54, 1.807) is 0 Å². The SMILES string of the molecule is CCc1cccc(CC)c1NC(=O)COc1cccc(C(F)(F)F)c1. The monoisotopic (exact) mass is 351 g/mol. The van der Waals surface area contributed by atoms with Crippen LogP contribution >= 0.6 is 0 Å². The van der Waals surface area contributed by atoms with Crippen LogP contribution in [0.3, 0.4) is 0 Å². The molecule has 134 valence electrons. The number of carbonyl (C=O) groups excluding carboxylic acids is 1. The molecule has 0 aliphatic carbocycles. The van der Waals surface area contributed by atoms with E-state index in [0.717, 1.165) is 41.8 Å². The summed E-state index contributed by atoms with van der Waals surface area (Å²) in [5, 5.41) is 2.81. The number of carbonyl (C=O) groups is 1. The number of ether oxygens (including phenoxy) is 1. The molecule has 0 radical (unpaired) electrons. The van der Waals surface area contributed by atoms with Gasteiger partial charge in [0.05, 0.1) is 5.56 Å². The number of amides is 1. The van der Waals surface area contributed by atoms with Gasteiger partial charge in [-0.25, -0.2) is 0 Å². The lowest BCUT2D eigenvalue weighted by atomic mass is 10.0. The summed E-state index contributed by atoms with van der Waals surface area (Å²) in [7, 11) is 0. The number of hydrogen-bond donors (Lipinski definition) is 1. The largest absolute Gasteiger partial charge is 0.484 e. The first-order chi connectivity index (χ1) is 11.8. The first-order valence-corrected chi connectivity index (χ1v) is 8.05. The Kier molecular flexibility index (Phi) is 6.07. The number of rotatable bonds is 6. The van der Waals surface area contributed by atoms with Gasteiger partial charge in [-0.1, -0.05) is 38.1 Å². The quantitative estimate of drug-likeness (QED) is 0.808. The Bertz CT molecular complexity index is 719. The fourth-order valence-corrected chi connectivity index (χ4v) is 2.49. The molecule has 2 aromatic rings. The average Bonchev–Trinajstić information content (AvgIpc) is 2.59. The van der Waals surface area contributed by atoms with Crippen LogP contribution in [0, 0.1) is 0 Å².